The molecule has 0 spiro atoms. The van der Waals surface area contributed by atoms with E-state index in [1.54, 1.807) is 0 Å². The van der Waals surface area contributed by atoms with Gasteiger partial charge < -0.3 is 9.64 Å². The SMILES string of the molecule is CC[C@@H]1C[C@@H](n2ncc3c(SC)nc4c(F)c(Br)c(C)cc4c32)CCN1C(=O)OC(C)(C)C. The van der Waals surface area contributed by atoms with Gasteiger partial charge in [0, 0.05) is 18.0 Å². The summed E-state index contributed by atoms with van der Waals surface area (Å²) < 4.78 is 23.3. The van der Waals surface area contributed by atoms with Crippen molar-refractivity contribution in [3.8, 4) is 0 Å². The van der Waals surface area contributed by atoms with Crippen LogP contribution < -0.4 is 0 Å². The Morgan fingerprint density at radius 1 is 1.36 bits per heavy atom. The molecule has 6 nitrogen and oxygen atoms in total. The number of halogens is 2. The summed E-state index contributed by atoms with van der Waals surface area (Å²) >= 11 is 4.85. The van der Waals surface area contributed by atoms with Crippen LogP contribution in [0.1, 0.15) is 58.6 Å². The summed E-state index contributed by atoms with van der Waals surface area (Å²) in [6, 6.07) is 2.13. The monoisotopic (exact) mass is 536 g/mol. The second-order valence-electron chi connectivity index (χ2n) is 9.60. The number of pyridine rings is 1. The molecule has 0 aliphatic carbocycles. The molecule has 2 aromatic heterocycles. The molecule has 2 atom stereocenters. The van der Waals surface area contributed by atoms with Crippen LogP contribution in [0.25, 0.3) is 21.8 Å². The zero-order valence-corrected chi connectivity index (χ0v) is 22.3. The fourth-order valence-corrected chi connectivity index (χ4v) is 5.47. The second-order valence-corrected chi connectivity index (χ2v) is 11.2. The molecule has 1 amide bonds. The number of thioether (sulfide) groups is 1. The Bertz CT molecular complexity index is 1220. The predicted molar refractivity (Wildman–Crippen MR) is 134 cm³/mol. The number of carbonyl (C=O) groups is 1. The van der Waals surface area contributed by atoms with Crippen LogP contribution in [0, 0.1) is 12.7 Å². The standard InChI is InChI=1S/C24H30BrFN4O2S/c1-7-14-11-15(8-9-29(14)23(31)32-24(3,4)5)30-21-16-10-13(2)18(25)19(26)20(16)28-22(33-6)17(21)12-27-30/h10,12,14-15H,7-9,11H2,1-6H3/t14-,15+/m1/s1. The average molecular weight is 537 g/mol. The van der Waals surface area contributed by atoms with Crippen molar-refractivity contribution in [2.75, 3.05) is 12.8 Å². The van der Waals surface area contributed by atoms with E-state index >= 15 is 4.39 Å². The lowest BCUT2D eigenvalue weighted by molar-refractivity contribution is 0.00449. The first-order chi connectivity index (χ1) is 15.6. The lowest BCUT2D eigenvalue weighted by Crippen LogP contribution is -2.48. The number of aromatic nitrogens is 3. The maximum atomic E-state index is 15.2. The van der Waals surface area contributed by atoms with E-state index < -0.39 is 5.60 Å². The van der Waals surface area contributed by atoms with E-state index in [1.807, 2.05) is 55.8 Å². The van der Waals surface area contributed by atoms with Crippen LogP contribution >= 0.6 is 27.7 Å². The third kappa shape index (κ3) is 4.46. The molecule has 33 heavy (non-hydrogen) atoms. The number of hydrogen-bond acceptors (Lipinski definition) is 5. The molecular weight excluding hydrogens is 507 g/mol. The maximum absolute atomic E-state index is 15.2. The summed E-state index contributed by atoms with van der Waals surface area (Å²) in [5, 5.41) is 7.21. The predicted octanol–water partition coefficient (Wildman–Crippen LogP) is 6.87. The minimum atomic E-state index is -0.527. The Kier molecular flexibility index (Phi) is 6.66. The number of aryl methyl sites for hydroxylation is 1. The van der Waals surface area contributed by atoms with E-state index in [0.717, 1.165) is 46.1 Å². The first-order valence-corrected chi connectivity index (χ1v) is 13.3. The molecule has 4 rings (SSSR count). The fourth-order valence-electron chi connectivity index (χ4n) is 4.61. The van der Waals surface area contributed by atoms with Crippen molar-refractivity contribution in [1.82, 2.24) is 19.7 Å². The highest BCUT2D eigenvalue weighted by Crippen LogP contribution is 2.39. The van der Waals surface area contributed by atoms with Crippen molar-refractivity contribution in [2.45, 2.75) is 76.6 Å². The van der Waals surface area contributed by atoms with Crippen molar-refractivity contribution in [2.24, 2.45) is 0 Å². The molecule has 0 N–H and O–H groups in total. The smallest absolute Gasteiger partial charge is 0.410 e. The van der Waals surface area contributed by atoms with Gasteiger partial charge in [0.2, 0.25) is 0 Å². The first-order valence-electron chi connectivity index (χ1n) is 11.2. The number of amides is 1. The Morgan fingerprint density at radius 2 is 2.09 bits per heavy atom. The normalized spacial score (nSPS) is 19.5. The number of likely N-dealkylation sites (tertiary alicyclic amines) is 1. The zero-order chi connectivity index (χ0) is 24.1. The Balaban J connectivity index is 1.77. The molecule has 1 aliphatic heterocycles. The minimum absolute atomic E-state index is 0.0542. The van der Waals surface area contributed by atoms with Gasteiger partial charge in [-0.3, -0.25) is 4.68 Å². The summed E-state index contributed by atoms with van der Waals surface area (Å²) in [6.07, 6.45) is 5.86. The van der Waals surface area contributed by atoms with Gasteiger partial charge in [0.05, 0.1) is 27.6 Å². The number of carbonyl (C=O) groups excluding carboxylic acids is 1. The molecule has 1 saturated heterocycles. The largest absolute Gasteiger partial charge is 0.444 e. The van der Waals surface area contributed by atoms with Crippen LogP contribution in [0.3, 0.4) is 0 Å². The fraction of sp³-hybridized carbons (Fsp3) is 0.542. The van der Waals surface area contributed by atoms with Crippen molar-refractivity contribution in [1.29, 1.82) is 0 Å². The van der Waals surface area contributed by atoms with E-state index in [-0.39, 0.29) is 24.0 Å². The van der Waals surface area contributed by atoms with E-state index in [4.69, 9.17) is 9.84 Å². The van der Waals surface area contributed by atoms with Crippen LogP contribution in [0.4, 0.5) is 9.18 Å². The van der Waals surface area contributed by atoms with E-state index in [9.17, 15) is 4.79 Å². The van der Waals surface area contributed by atoms with Crippen LogP contribution in [-0.4, -0.2) is 50.2 Å². The van der Waals surface area contributed by atoms with E-state index in [0.29, 0.717) is 16.5 Å². The quantitative estimate of drug-likeness (QED) is 0.342. The first kappa shape index (κ1) is 24.3. The average Bonchev–Trinajstić information content (AvgIpc) is 3.21. The molecule has 0 bridgehead atoms. The third-order valence-corrected chi connectivity index (χ3v) is 7.86. The van der Waals surface area contributed by atoms with Gasteiger partial charge in [-0.1, -0.05) is 6.92 Å². The van der Waals surface area contributed by atoms with Crippen LogP contribution in [0.15, 0.2) is 21.8 Å². The summed E-state index contributed by atoms with van der Waals surface area (Å²) in [4.78, 5) is 19.2. The molecule has 3 aromatic rings. The van der Waals surface area contributed by atoms with Gasteiger partial charge in [-0.25, -0.2) is 14.2 Å². The molecule has 9 heteroatoms. The molecule has 0 saturated carbocycles. The molecule has 178 valence electrons. The second kappa shape index (κ2) is 9.06. The molecule has 3 heterocycles. The number of rotatable bonds is 3. The number of ether oxygens (including phenoxy) is 1. The Labute approximate surface area is 206 Å². The van der Waals surface area contributed by atoms with Gasteiger partial charge in [0.1, 0.15) is 16.1 Å². The lowest BCUT2D eigenvalue weighted by atomic mass is 9.95. The lowest BCUT2D eigenvalue weighted by Gasteiger charge is -2.39. The van der Waals surface area contributed by atoms with E-state index in [2.05, 4.69) is 27.8 Å². The number of fused-ring (bicyclic) bond motifs is 3. The zero-order valence-electron chi connectivity index (χ0n) is 19.9. The van der Waals surface area contributed by atoms with E-state index in [1.165, 1.54) is 11.8 Å². The van der Waals surface area contributed by atoms with Crippen molar-refractivity contribution in [3.05, 3.63) is 28.1 Å². The molecule has 0 radical (unpaired) electrons. The summed E-state index contributed by atoms with van der Waals surface area (Å²) in [5.74, 6) is -0.346. The molecular formula is C24H30BrFN4O2S. The van der Waals surface area contributed by atoms with Crippen LogP contribution in [0.2, 0.25) is 0 Å². The van der Waals surface area contributed by atoms with Gasteiger partial charge in [0.25, 0.3) is 0 Å². The molecule has 1 aliphatic rings. The molecule has 1 fully saturated rings. The van der Waals surface area contributed by atoms with Crippen LogP contribution in [0.5, 0.6) is 0 Å². The van der Waals surface area contributed by atoms with Gasteiger partial charge in [0.15, 0.2) is 5.82 Å². The number of hydrogen-bond donors (Lipinski definition) is 0. The summed E-state index contributed by atoms with van der Waals surface area (Å²) in [6.45, 7) is 10.2. The van der Waals surface area contributed by atoms with Crippen molar-refractivity contribution < 1.29 is 13.9 Å². The van der Waals surface area contributed by atoms with Gasteiger partial charge in [-0.15, -0.1) is 11.8 Å². The third-order valence-electron chi connectivity index (χ3n) is 6.18. The number of piperidine rings is 1. The highest BCUT2D eigenvalue weighted by Gasteiger charge is 2.35. The number of benzene rings is 1. The summed E-state index contributed by atoms with van der Waals surface area (Å²) in [5.41, 5.74) is 1.55. The molecule has 0 unspecified atom stereocenters. The van der Waals surface area contributed by atoms with Crippen molar-refractivity contribution in [3.63, 3.8) is 0 Å². The Morgan fingerprint density at radius 3 is 2.73 bits per heavy atom. The minimum Gasteiger partial charge on any atom is -0.444 e. The van der Waals surface area contributed by atoms with Gasteiger partial charge >= 0.3 is 6.09 Å². The summed E-state index contributed by atoms with van der Waals surface area (Å²) in [7, 11) is 0. The molecule has 1 aromatic carbocycles. The highest BCUT2D eigenvalue weighted by atomic mass is 79.9. The Hall–Kier alpha value is -1.87. The van der Waals surface area contributed by atoms with Crippen molar-refractivity contribution >= 4 is 55.6 Å². The highest BCUT2D eigenvalue weighted by molar-refractivity contribution is 9.10. The maximum Gasteiger partial charge on any atom is 0.410 e. The van der Waals surface area contributed by atoms with Gasteiger partial charge in [-0.05, 0) is 80.8 Å². The van der Waals surface area contributed by atoms with Gasteiger partial charge in [-0.2, -0.15) is 5.10 Å². The topological polar surface area (TPSA) is 60.2 Å². The number of nitrogens with zero attached hydrogens (tertiary/aromatic N) is 4. The van der Waals surface area contributed by atoms with Crippen LogP contribution in [-0.2, 0) is 4.74 Å².